The summed E-state index contributed by atoms with van der Waals surface area (Å²) in [5.74, 6) is 0. The van der Waals surface area contributed by atoms with E-state index in [1.807, 2.05) is 38.1 Å². The van der Waals surface area contributed by atoms with Crippen molar-refractivity contribution in [2.75, 3.05) is 0 Å². The van der Waals surface area contributed by atoms with E-state index in [1.54, 1.807) is 18.3 Å². The summed E-state index contributed by atoms with van der Waals surface area (Å²) in [6.07, 6.45) is 1.58. The van der Waals surface area contributed by atoms with Crippen LogP contribution in [0.2, 0.25) is 5.15 Å². The average Bonchev–Trinajstić information content (AvgIpc) is 2.67. The molecule has 0 unspecified atom stereocenters. The van der Waals surface area contributed by atoms with E-state index in [0.717, 1.165) is 27.9 Å². The van der Waals surface area contributed by atoms with Gasteiger partial charge < -0.3 is 4.98 Å². The molecule has 4 rings (SSSR count). The van der Waals surface area contributed by atoms with Gasteiger partial charge >= 0.3 is 0 Å². The van der Waals surface area contributed by atoms with Crippen LogP contribution < -0.4 is 5.43 Å². The molecule has 0 spiro atoms. The second kappa shape index (κ2) is 6.91. The van der Waals surface area contributed by atoms with Crippen LogP contribution in [0.4, 0.5) is 0 Å². The first-order valence-corrected chi connectivity index (χ1v) is 9.03. The standard InChI is InChI=1S/C22H15ClN4O/c1-12-8-15(9-20(23)26-12)17-10-18-19(28)6-7-25-22(18)27-21(17)16-5-3-4-14(11-24)13(16)2/h3-10H,1-2H3,(H,25,27,28). The van der Waals surface area contributed by atoms with Crippen molar-refractivity contribution in [3.63, 3.8) is 0 Å². The lowest BCUT2D eigenvalue weighted by molar-refractivity contribution is 1.20. The van der Waals surface area contributed by atoms with Crippen LogP contribution in [-0.4, -0.2) is 15.0 Å². The molecule has 0 aliphatic heterocycles. The van der Waals surface area contributed by atoms with Crippen molar-refractivity contribution >= 4 is 22.6 Å². The molecule has 28 heavy (non-hydrogen) atoms. The van der Waals surface area contributed by atoms with Gasteiger partial charge in [0.15, 0.2) is 5.43 Å². The largest absolute Gasteiger partial charge is 0.346 e. The average molecular weight is 387 g/mol. The second-order valence-corrected chi connectivity index (χ2v) is 6.92. The van der Waals surface area contributed by atoms with Crippen molar-refractivity contribution < 1.29 is 0 Å². The summed E-state index contributed by atoms with van der Waals surface area (Å²) < 4.78 is 0. The fraction of sp³-hybridized carbons (Fsp3) is 0.0909. The van der Waals surface area contributed by atoms with Crippen molar-refractivity contribution in [1.29, 1.82) is 5.26 Å². The first kappa shape index (κ1) is 17.9. The molecule has 0 saturated heterocycles. The van der Waals surface area contributed by atoms with Crippen molar-refractivity contribution in [2.24, 2.45) is 0 Å². The molecule has 1 N–H and O–H groups in total. The number of fused-ring (bicyclic) bond motifs is 1. The zero-order valence-corrected chi connectivity index (χ0v) is 16.0. The van der Waals surface area contributed by atoms with Gasteiger partial charge in [0.2, 0.25) is 0 Å². The molecular weight excluding hydrogens is 372 g/mol. The van der Waals surface area contributed by atoms with E-state index >= 15 is 0 Å². The van der Waals surface area contributed by atoms with Crippen molar-refractivity contribution in [3.8, 4) is 28.5 Å². The Morgan fingerprint density at radius 3 is 2.64 bits per heavy atom. The van der Waals surface area contributed by atoms with Crippen LogP contribution in [0, 0.1) is 25.2 Å². The highest BCUT2D eigenvalue weighted by Gasteiger charge is 2.17. The van der Waals surface area contributed by atoms with Crippen LogP contribution in [0.15, 0.2) is 53.5 Å². The molecule has 0 aliphatic rings. The Kier molecular flexibility index (Phi) is 4.42. The first-order valence-electron chi connectivity index (χ1n) is 8.65. The number of aryl methyl sites for hydroxylation is 1. The number of H-pyrrole nitrogens is 1. The molecule has 3 heterocycles. The molecule has 0 radical (unpaired) electrons. The molecule has 4 aromatic rings. The quantitative estimate of drug-likeness (QED) is 0.502. The van der Waals surface area contributed by atoms with Crippen LogP contribution in [0.5, 0.6) is 0 Å². The molecular formula is C22H15ClN4O. The third-order valence-electron chi connectivity index (χ3n) is 4.69. The van der Waals surface area contributed by atoms with E-state index in [4.69, 9.17) is 16.6 Å². The van der Waals surface area contributed by atoms with E-state index < -0.39 is 0 Å². The summed E-state index contributed by atoms with van der Waals surface area (Å²) in [6.45, 7) is 3.75. The molecule has 3 aromatic heterocycles. The summed E-state index contributed by atoms with van der Waals surface area (Å²) in [5, 5.41) is 10.3. The van der Waals surface area contributed by atoms with Crippen LogP contribution >= 0.6 is 11.6 Å². The summed E-state index contributed by atoms with van der Waals surface area (Å²) in [7, 11) is 0. The smallest absolute Gasteiger partial charge is 0.191 e. The Hall–Kier alpha value is -3.49. The van der Waals surface area contributed by atoms with Gasteiger partial charge in [-0.25, -0.2) is 9.97 Å². The monoisotopic (exact) mass is 386 g/mol. The molecule has 136 valence electrons. The van der Waals surface area contributed by atoms with E-state index in [0.29, 0.717) is 27.4 Å². The van der Waals surface area contributed by atoms with Crippen molar-refractivity contribution in [1.82, 2.24) is 15.0 Å². The molecule has 1 aromatic carbocycles. The Morgan fingerprint density at radius 2 is 1.89 bits per heavy atom. The summed E-state index contributed by atoms with van der Waals surface area (Å²) >= 11 is 6.18. The summed E-state index contributed by atoms with van der Waals surface area (Å²) in [6, 6.07) is 14.7. The highest BCUT2D eigenvalue weighted by atomic mass is 35.5. The zero-order chi connectivity index (χ0) is 19.8. The number of halogens is 1. The summed E-state index contributed by atoms with van der Waals surface area (Å²) in [5.41, 5.74) is 5.61. The highest BCUT2D eigenvalue weighted by molar-refractivity contribution is 6.29. The number of aromatic nitrogens is 3. The molecule has 0 bridgehead atoms. The Bertz CT molecular complexity index is 1310. The third-order valence-corrected chi connectivity index (χ3v) is 4.88. The number of hydrogen-bond donors (Lipinski definition) is 1. The van der Waals surface area contributed by atoms with Gasteiger partial charge in [0.1, 0.15) is 10.8 Å². The van der Waals surface area contributed by atoms with Gasteiger partial charge in [-0.2, -0.15) is 5.26 Å². The van der Waals surface area contributed by atoms with Crippen LogP contribution in [0.1, 0.15) is 16.8 Å². The maximum atomic E-state index is 12.4. The van der Waals surface area contributed by atoms with Gasteiger partial charge in [-0.1, -0.05) is 23.7 Å². The lowest BCUT2D eigenvalue weighted by Gasteiger charge is -2.14. The third kappa shape index (κ3) is 3.04. The molecule has 0 amide bonds. The zero-order valence-electron chi connectivity index (χ0n) is 15.2. The van der Waals surface area contributed by atoms with Crippen LogP contribution in [-0.2, 0) is 0 Å². The molecule has 0 saturated carbocycles. The number of benzene rings is 1. The number of pyridine rings is 3. The highest BCUT2D eigenvalue weighted by Crippen LogP contribution is 2.35. The maximum Gasteiger partial charge on any atom is 0.191 e. The van der Waals surface area contributed by atoms with E-state index in [1.165, 1.54) is 6.07 Å². The van der Waals surface area contributed by atoms with Crippen molar-refractivity contribution in [2.45, 2.75) is 13.8 Å². The Labute approximate surface area is 166 Å². The fourth-order valence-corrected chi connectivity index (χ4v) is 3.57. The molecule has 6 heteroatoms. The fourth-order valence-electron chi connectivity index (χ4n) is 3.32. The van der Waals surface area contributed by atoms with E-state index in [2.05, 4.69) is 16.0 Å². The number of nitriles is 1. The van der Waals surface area contributed by atoms with Gasteiger partial charge in [0.05, 0.1) is 22.7 Å². The molecule has 0 fully saturated rings. The number of nitrogens with zero attached hydrogens (tertiary/aromatic N) is 3. The van der Waals surface area contributed by atoms with Gasteiger partial charge in [-0.05, 0) is 49.2 Å². The Morgan fingerprint density at radius 1 is 1.07 bits per heavy atom. The predicted molar refractivity (Wildman–Crippen MR) is 110 cm³/mol. The minimum atomic E-state index is -0.117. The number of hydrogen-bond acceptors (Lipinski definition) is 4. The Balaban J connectivity index is 2.13. The predicted octanol–water partition coefficient (Wildman–Crippen LogP) is 4.79. The van der Waals surface area contributed by atoms with E-state index in [9.17, 15) is 10.1 Å². The molecule has 5 nitrogen and oxygen atoms in total. The lowest BCUT2D eigenvalue weighted by atomic mass is 9.94. The van der Waals surface area contributed by atoms with Gasteiger partial charge in [0.25, 0.3) is 0 Å². The number of aromatic amines is 1. The lowest BCUT2D eigenvalue weighted by Crippen LogP contribution is -2.04. The first-order chi connectivity index (χ1) is 13.5. The van der Waals surface area contributed by atoms with Gasteiger partial charge in [0, 0.05) is 29.1 Å². The summed E-state index contributed by atoms with van der Waals surface area (Å²) in [4.78, 5) is 24.4. The molecule has 0 atom stereocenters. The van der Waals surface area contributed by atoms with Crippen LogP contribution in [0.25, 0.3) is 33.4 Å². The number of nitrogens with one attached hydrogen (secondary N) is 1. The SMILES string of the molecule is Cc1cc(-c2cc3c(=O)cc[nH]c3nc2-c2cccc(C#N)c2C)cc(Cl)n1. The maximum absolute atomic E-state index is 12.4. The van der Waals surface area contributed by atoms with Crippen molar-refractivity contribution in [3.05, 3.63) is 80.9 Å². The topological polar surface area (TPSA) is 82.4 Å². The minimum absolute atomic E-state index is 0.117. The molecule has 0 aliphatic carbocycles. The van der Waals surface area contributed by atoms with E-state index in [-0.39, 0.29) is 5.43 Å². The normalized spacial score (nSPS) is 10.8. The van der Waals surface area contributed by atoms with Gasteiger partial charge in [-0.15, -0.1) is 0 Å². The van der Waals surface area contributed by atoms with Crippen LogP contribution in [0.3, 0.4) is 0 Å². The number of rotatable bonds is 2. The second-order valence-electron chi connectivity index (χ2n) is 6.53. The minimum Gasteiger partial charge on any atom is -0.346 e. The van der Waals surface area contributed by atoms with Gasteiger partial charge in [-0.3, -0.25) is 4.79 Å².